The summed E-state index contributed by atoms with van der Waals surface area (Å²) in [7, 11) is 1.81. The number of carbonyl (C=O) groups excluding carboxylic acids is 2. The van der Waals surface area contributed by atoms with Gasteiger partial charge in [-0.3, -0.25) is 9.58 Å². The van der Waals surface area contributed by atoms with Gasteiger partial charge in [0.05, 0.1) is 22.4 Å². The summed E-state index contributed by atoms with van der Waals surface area (Å²) in [5.74, 6) is 0.927. The molecule has 3 heterocycles. The molecule has 1 aliphatic rings. The summed E-state index contributed by atoms with van der Waals surface area (Å²) >= 11 is 0. The molecule has 0 aliphatic carbocycles. The molecular weight excluding hydrogens is 434 g/mol. The number of aldehydes is 1. The molecule has 0 saturated carbocycles. The predicted molar refractivity (Wildman–Crippen MR) is 126 cm³/mol. The van der Waals surface area contributed by atoms with E-state index in [1.165, 1.54) is 4.90 Å². The Hall–Kier alpha value is -4.26. The van der Waals surface area contributed by atoms with E-state index in [4.69, 9.17) is 4.74 Å². The highest BCUT2D eigenvalue weighted by molar-refractivity contribution is 5.98. The molecule has 2 aromatic heterocycles. The average Bonchev–Trinajstić information content (AvgIpc) is 3.33. The molecule has 174 valence electrons. The molecule has 1 aliphatic heterocycles. The molecule has 10 heteroatoms. The molecule has 3 aromatic rings. The number of hydrogen-bond donors (Lipinski definition) is 1. The molecule has 0 bridgehead atoms. The molecule has 0 fully saturated rings. The minimum atomic E-state index is -1.00. The van der Waals surface area contributed by atoms with Crippen molar-refractivity contribution in [2.24, 2.45) is 7.05 Å². The van der Waals surface area contributed by atoms with Crippen molar-refractivity contribution < 1.29 is 14.3 Å². The number of amides is 1. The van der Waals surface area contributed by atoms with Crippen molar-refractivity contribution >= 4 is 29.8 Å². The Morgan fingerprint density at radius 3 is 2.71 bits per heavy atom. The highest BCUT2D eigenvalue weighted by atomic mass is 16.6. The number of fused-ring (bicyclic) bond motifs is 1. The fourth-order valence-electron chi connectivity index (χ4n) is 3.84. The lowest BCUT2D eigenvalue weighted by atomic mass is 9.84. The minimum absolute atomic E-state index is 0.0785. The summed E-state index contributed by atoms with van der Waals surface area (Å²) in [5, 5.41) is 17.2. The monoisotopic (exact) mass is 459 g/mol. The van der Waals surface area contributed by atoms with Crippen LogP contribution in [-0.2, 0) is 22.0 Å². The Kier molecular flexibility index (Phi) is 5.57. The van der Waals surface area contributed by atoms with Gasteiger partial charge in [-0.05, 0) is 51.5 Å². The Morgan fingerprint density at radius 2 is 2.09 bits per heavy atom. The summed E-state index contributed by atoms with van der Waals surface area (Å²) in [6.07, 6.45) is 3.59. The Labute approximate surface area is 197 Å². The molecule has 1 aromatic carbocycles. The van der Waals surface area contributed by atoms with Crippen molar-refractivity contribution in [2.45, 2.75) is 38.7 Å². The summed E-state index contributed by atoms with van der Waals surface area (Å²) < 4.78 is 7.19. The third kappa shape index (κ3) is 4.32. The summed E-state index contributed by atoms with van der Waals surface area (Å²) in [6.45, 7) is 7.11. The maximum absolute atomic E-state index is 12.9. The van der Waals surface area contributed by atoms with Crippen molar-refractivity contribution in [3.05, 3.63) is 47.8 Å². The van der Waals surface area contributed by atoms with E-state index in [0.717, 1.165) is 6.29 Å². The minimum Gasteiger partial charge on any atom is -0.443 e. The van der Waals surface area contributed by atoms with Gasteiger partial charge >= 0.3 is 6.09 Å². The Balaban J connectivity index is 1.77. The number of hydrogen-bond acceptors (Lipinski definition) is 8. The van der Waals surface area contributed by atoms with Crippen molar-refractivity contribution in [3.63, 3.8) is 0 Å². The zero-order chi connectivity index (χ0) is 24.7. The van der Waals surface area contributed by atoms with E-state index in [1.807, 2.05) is 0 Å². The van der Waals surface area contributed by atoms with Gasteiger partial charge in [-0.25, -0.2) is 14.8 Å². The molecule has 0 spiro atoms. The first kappa shape index (κ1) is 22.9. The van der Waals surface area contributed by atoms with Crippen LogP contribution in [0.3, 0.4) is 0 Å². The zero-order valence-electron chi connectivity index (χ0n) is 19.7. The van der Waals surface area contributed by atoms with Crippen LogP contribution in [0.1, 0.15) is 38.8 Å². The van der Waals surface area contributed by atoms with Crippen molar-refractivity contribution in [2.75, 3.05) is 16.8 Å². The van der Waals surface area contributed by atoms with E-state index in [9.17, 15) is 14.9 Å². The number of ether oxygens (including phenoxy) is 1. The SMILES string of the molecule is Cn1ccc(Nc2nccc(-c3cc(C#N)c4c(c3)C(C)(C=O)CN4C(=O)OC(C)(C)C)n2)n1. The van der Waals surface area contributed by atoms with Crippen LogP contribution < -0.4 is 10.2 Å². The molecule has 0 saturated heterocycles. The van der Waals surface area contributed by atoms with Gasteiger partial charge in [-0.2, -0.15) is 10.4 Å². The number of nitrogens with one attached hydrogen (secondary N) is 1. The third-order valence-corrected chi connectivity index (χ3v) is 5.38. The molecule has 1 N–H and O–H groups in total. The van der Waals surface area contributed by atoms with Crippen LogP contribution in [-0.4, -0.2) is 44.3 Å². The topological polar surface area (TPSA) is 126 Å². The van der Waals surface area contributed by atoms with E-state index in [1.54, 1.807) is 76.1 Å². The van der Waals surface area contributed by atoms with Crippen LogP contribution in [0.5, 0.6) is 0 Å². The van der Waals surface area contributed by atoms with Crippen LogP contribution in [0.15, 0.2) is 36.7 Å². The lowest BCUT2D eigenvalue weighted by Gasteiger charge is -2.26. The lowest BCUT2D eigenvalue weighted by Crippen LogP contribution is -2.39. The summed E-state index contributed by atoms with van der Waals surface area (Å²) in [6, 6.07) is 9.12. The van der Waals surface area contributed by atoms with Crippen LogP contribution >= 0.6 is 0 Å². The second kappa shape index (κ2) is 8.26. The number of aromatic nitrogens is 4. The highest BCUT2D eigenvalue weighted by Gasteiger charge is 2.44. The van der Waals surface area contributed by atoms with Crippen LogP contribution in [0.4, 0.5) is 22.2 Å². The number of rotatable bonds is 4. The molecule has 1 amide bonds. The van der Waals surface area contributed by atoms with Gasteiger partial charge in [0, 0.05) is 37.6 Å². The highest BCUT2D eigenvalue weighted by Crippen LogP contribution is 2.44. The number of benzene rings is 1. The number of anilines is 3. The molecule has 10 nitrogen and oxygen atoms in total. The van der Waals surface area contributed by atoms with Gasteiger partial charge in [0.25, 0.3) is 0 Å². The number of nitriles is 1. The summed E-state index contributed by atoms with van der Waals surface area (Å²) in [4.78, 5) is 35.2. The second-order valence-electron chi connectivity index (χ2n) is 9.40. The first-order valence-electron chi connectivity index (χ1n) is 10.7. The quantitative estimate of drug-likeness (QED) is 0.585. The van der Waals surface area contributed by atoms with Crippen molar-refractivity contribution in [1.29, 1.82) is 5.26 Å². The van der Waals surface area contributed by atoms with E-state index in [-0.39, 0.29) is 12.1 Å². The Morgan fingerprint density at radius 1 is 1.32 bits per heavy atom. The molecule has 1 atom stereocenters. The Bertz CT molecular complexity index is 1320. The van der Waals surface area contributed by atoms with Crippen molar-refractivity contribution in [3.8, 4) is 17.3 Å². The van der Waals surface area contributed by atoms with E-state index in [2.05, 4.69) is 26.5 Å². The fraction of sp³-hybridized carbons (Fsp3) is 0.333. The first-order valence-corrected chi connectivity index (χ1v) is 10.7. The van der Waals surface area contributed by atoms with Gasteiger partial charge < -0.3 is 14.8 Å². The first-order chi connectivity index (χ1) is 16.0. The summed E-state index contributed by atoms with van der Waals surface area (Å²) in [5.41, 5.74) is 0.661. The fourth-order valence-corrected chi connectivity index (χ4v) is 3.84. The van der Waals surface area contributed by atoms with Crippen molar-refractivity contribution in [1.82, 2.24) is 19.7 Å². The second-order valence-corrected chi connectivity index (χ2v) is 9.40. The number of carbonyl (C=O) groups is 2. The normalized spacial score (nSPS) is 17.1. The van der Waals surface area contributed by atoms with Gasteiger partial charge in [0.15, 0.2) is 5.82 Å². The predicted octanol–water partition coefficient (Wildman–Crippen LogP) is 3.70. The maximum atomic E-state index is 12.9. The zero-order valence-corrected chi connectivity index (χ0v) is 19.7. The van der Waals surface area contributed by atoms with E-state index >= 15 is 0 Å². The van der Waals surface area contributed by atoms with Gasteiger partial charge in [0.1, 0.15) is 18.0 Å². The average molecular weight is 460 g/mol. The largest absolute Gasteiger partial charge is 0.443 e. The number of aryl methyl sites for hydroxylation is 1. The lowest BCUT2D eigenvalue weighted by molar-refractivity contribution is -0.111. The molecule has 34 heavy (non-hydrogen) atoms. The van der Waals surface area contributed by atoms with Crippen LogP contribution in [0, 0.1) is 11.3 Å². The van der Waals surface area contributed by atoms with Gasteiger partial charge in [-0.1, -0.05) is 0 Å². The molecular formula is C24H25N7O3. The van der Waals surface area contributed by atoms with Gasteiger partial charge in [-0.15, -0.1) is 0 Å². The van der Waals surface area contributed by atoms with Gasteiger partial charge in [0.2, 0.25) is 5.95 Å². The van der Waals surface area contributed by atoms with Crippen LogP contribution in [0.25, 0.3) is 11.3 Å². The molecule has 0 radical (unpaired) electrons. The number of nitrogens with zero attached hydrogens (tertiary/aromatic N) is 6. The standard InChI is InChI=1S/C24H25N7O3/c1-23(2,3)34-22(33)31-13-24(4,14-32)17-11-15(10-16(12-25)20(17)31)18-6-8-26-21(27-18)28-19-7-9-30(5)29-19/h6-11,14H,13H2,1-5H3,(H,26,27,28,29). The van der Waals surface area contributed by atoms with E-state index < -0.39 is 17.1 Å². The third-order valence-electron chi connectivity index (χ3n) is 5.38. The van der Waals surface area contributed by atoms with E-state index in [0.29, 0.717) is 34.3 Å². The molecule has 4 rings (SSSR count). The van der Waals surface area contributed by atoms with Crippen LogP contribution in [0.2, 0.25) is 0 Å². The molecule has 1 unspecified atom stereocenters. The maximum Gasteiger partial charge on any atom is 0.414 e. The smallest absolute Gasteiger partial charge is 0.414 e.